The first-order valence-electron chi connectivity index (χ1n) is 7.78. The molecule has 0 unspecified atom stereocenters. The van der Waals surface area contributed by atoms with Crippen molar-refractivity contribution < 1.29 is 14.7 Å². The minimum atomic E-state index is -1.03. The van der Waals surface area contributed by atoms with Gasteiger partial charge in [0.15, 0.2) is 0 Å². The highest BCUT2D eigenvalue weighted by Crippen LogP contribution is 2.22. The third-order valence-electron chi connectivity index (χ3n) is 4.02. The third-order valence-corrected chi connectivity index (χ3v) is 4.02. The van der Waals surface area contributed by atoms with Gasteiger partial charge in [-0.3, -0.25) is 9.69 Å². The first-order valence-corrected chi connectivity index (χ1v) is 7.78. The number of carbonyl (C=O) groups is 2. The third kappa shape index (κ3) is 4.23. The largest absolute Gasteiger partial charge is 0.480 e. The minimum Gasteiger partial charge on any atom is -0.480 e. The topological polar surface area (TPSA) is 69.6 Å². The first kappa shape index (κ1) is 16.3. The summed E-state index contributed by atoms with van der Waals surface area (Å²) in [6.45, 7) is 3.50. The highest BCUT2D eigenvalue weighted by molar-refractivity contribution is 5.97. The monoisotopic (exact) mass is 303 g/mol. The van der Waals surface area contributed by atoms with E-state index in [1.165, 1.54) is 11.3 Å². The summed E-state index contributed by atoms with van der Waals surface area (Å²) in [6, 6.07) is 7.11. The van der Waals surface area contributed by atoms with Gasteiger partial charge in [0.25, 0.3) is 0 Å². The van der Waals surface area contributed by atoms with Gasteiger partial charge >= 0.3 is 12.0 Å². The maximum absolute atomic E-state index is 12.5. The van der Waals surface area contributed by atoms with Crippen molar-refractivity contribution in [3.05, 3.63) is 36.8 Å². The Hall–Kier alpha value is -2.04. The molecular weight excluding hydrogens is 280 g/mol. The van der Waals surface area contributed by atoms with E-state index in [1.807, 2.05) is 12.1 Å². The van der Waals surface area contributed by atoms with Gasteiger partial charge in [-0.15, -0.1) is 0 Å². The molecule has 0 heterocycles. The fourth-order valence-corrected chi connectivity index (χ4v) is 2.89. The molecule has 0 bridgehead atoms. The van der Waals surface area contributed by atoms with Crippen LogP contribution >= 0.6 is 0 Å². The van der Waals surface area contributed by atoms with Crippen molar-refractivity contribution >= 4 is 17.7 Å². The van der Waals surface area contributed by atoms with E-state index in [2.05, 4.69) is 12.2 Å². The number of rotatable bonds is 5. The van der Waals surface area contributed by atoms with Crippen LogP contribution in [0.4, 0.5) is 10.5 Å². The summed E-state index contributed by atoms with van der Waals surface area (Å²) in [4.78, 5) is 25.0. The molecule has 1 aromatic rings. The van der Waals surface area contributed by atoms with Crippen molar-refractivity contribution in [3.8, 4) is 0 Å². The van der Waals surface area contributed by atoms with E-state index in [0.29, 0.717) is 12.1 Å². The second-order valence-corrected chi connectivity index (χ2v) is 5.64. The smallest absolute Gasteiger partial charge is 0.323 e. The number of anilines is 1. The molecule has 2 rings (SSSR count). The summed E-state index contributed by atoms with van der Waals surface area (Å²) >= 11 is 0. The van der Waals surface area contributed by atoms with Crippen molar-refractivity contribution in [2.45, 2.75) is 44.6 Å². The summed E-state index contributed by atoms with van der Waals surface area (Å²) in [7, 11) is 0. The molecule has 2 amide bonds. The maximum atomic E-state index is 12.5. The number of para-hydroxylation sites is 1. The Morgan fingerprint density at radius 3 is 2.55 bits per heavy atom. The van der Waals surface area contributed by atoms with Gasteiger partial charge in [0.2, 0.25) is 0 Å². The summed E-state index contributed by atoms with van der Waals surface area (Å²) in [5, 5.41) is 12.1. The van der Waals surface area contributed by atoms with Gasteiger partial charge in [-0.2, -0.15) is 0 Å². The van der Waals surface area contributed by atoms with E-state index in [4.69, 9.17) is 5.11 Å². The number of carbonyl (C=O) groups excluding carboxylic acids is 1. The lowest BCUT2D eigenvalue weighted by Crippen LogP contribution is -2.47. The number of carboxylic acid groups (broad SMARTS) is 1. The summed E-state index contributed by atoms with van der Waals surface area (Å²) in [5.74, 6) is -1.03. The molecule has 22 heavy (non-hydrogen) atoms. The molecule has 1 aliphatic carbocycles. The van der Waals surface area contributed by atoms with E-state index in [0.717, 1.165) is 31.2 Å². The number of nitrogens with zero attached hydrogens (tertiary/aromatic N) is 1. The Balaban J connectivity index is 2.17. The van der Waals surface area contributed by atoms with Gasteiger partial charge in [0.05, 0.1) is 0 Å². The summed E-state index contributed by atoms with van der Waals surface area (Å²) in [5.41, 5.74) is 1.48. The number of benzene rings is 1. The number of carboxylic acids is 1. The van der Waals surface area contributed by atoms with Crippen molar-refractivity contribution in [1.82, 2.24) is 5.32 Å². The zero-order valence-electron chi connectivity index (χ0n) is 12.8. The van der Waals surface area contributed by atoms with Crippen molar-refractivity contribution in [2.75, 3.05) is 11.4 Å². The lowest BCUT2D eigenvalue weighted by molar-refractivity contribution is -0.135. The molecule has 1 saturated carbocycles. The van der Waals surface area contributed by atoms with E-state index in [1.54, 1.807) is 12.1 Å². The van der Waals surface area contributed by atoms with Crippen LogP contribution in [0.5, 0.6) is 0 Å². The van der Waals surface area contributed by atoms with Crippen LogP contribution in [0.15, 0.2) is 24.3 Å². The Morgan fingerprint density at radius 2 is 1.91 bits per heavy atom. The van der Waals surface area contributed by atoms with Crippen molar-refractivity contribution in [3.63, 3.8) is 0 Å². The lowest BCUT2D eigenvalue weighted by Gasteiger charge is -2.28. The van der Waals surface area contributed by atoms with Crippen LogP contribution in [-0.4, -0.2) is 29.7 Å². The standard InChI is InChI=1S/C17H23N2O3/c1-2-13-8-6-7-11-15(13)19(12-16(20)21)17(22)18-14-9-4-3-5-10-14/h6-8,11,14H,1-5,9-10,12H2,(H,18,22)(H,20,21). The van der Waals surface area contributed by atoms with Crippen LogP contribution in [0.25, 0.3) is 0 Å². The average molecular weight is 303 g/mol. The van der Waals surface area contributed by atoms with E-state index in [-0.39, 0.29) is 18.6 Å². The van der Waals surface area contributed by atoms with Gasteiger partial charge in [0.1, 0.15) is 6.54 Å². The van der Waals surface area contributed by atoms with E-state index >= 15 is 0 Å². The van der Waals surface area contributed by atoms with Crippen LogP contribution in [0, 0.1) is 6.92 Å². The fourth-order valence-electron chi connectivity index (χ4n) is 2.89. The SMILES string of the molecule is [CH2]Cc1ccccc1N(CC(=O)O)C(=O)NC1CCCCC1. The van der Waals surface area contributed by atoms with Crippen LogP contribution in [0.3, 0.4) is 0 Å². The van der Waals surface area contributed by atoms with Gasteiger partial charge in [-0.1, -0.05) is 37.5 Å². The number of amides is 2. The molecule has 0 saturated heterocycles. The molecule has 2 N–H and O–H groups in total. The first-order chi connectivity index (χ1) is 10.6. The number of hydrogen-bond donors (Lipinski definition) is 2. The lowest BCUT2D eigenvalue weighted by atomic mass is 9.96. The molecule has 5 nitrogen and oxygen atoms in total. The molecule has 0 spiro atoms. The number of urea groups is 1. The quantitative estimate of drug-likeness (QED) is 0.878. The van der Waals surface area contributed by atoms with Gasteiger partial charge in [-0.25, -0.2) is 4.79 Å². The van der Waals surface area contributed by atoms with Crippen LogP contribution < -0.4 is 10.2 Å². The predicted molar refractivity (Wildman–Crippen MR) is 85.9 cm³/mol. The number of hydrogen-bond acceptors (Lipinski definition) is 2. The zero-order chi connectivity index (χ0) is 15.9. The number of aliphatic carboxylic acids is 1. The average Bonchev–Trinajstić information content (AvgIpc) is 2.53. The molecule has 1 aromatic carbocycles. The van der Waals surface area contributed by atoms with Crippen LogP contribution in [0.1, 0.15) is 37.7 Å². The summed E-state index contributed by atoms with van der Waals surface area (Å²) < 4.78 is 0. The van der Waals surface area contributed by atoms with Crippen LogP contribution in [-0.2, 0) is 11.2 Å². The Kier molecular flexibility index (Phi) is 5.81. The molecule has 1 radical (unpaired) electrons. The molecule has 1 fully saturated rings. The highest BCUT2D eigenvalue weighted by atomic mass is 16.4. The van der Waals surface area contributed by atoms with E-state index in [9.17, 15) is 9.59 Å². The Labute approximate surface area is 131 Å². The molecular formula is C17H23N2O3. The highest BCUT2D eigenvalue weighted by Gasteiger charge is 2.24. The predicted octanol–water partition coefficient (Wildman–Crippen LogP) is 3.00. The second-order valence-electron chi connectivity index (χ2n) is 5.64. The Morgan fingerprint density at radius 1 is 1.23 bits per heavy atom. The van der Waals surface area contributed by atoms with Gasteiger partial charge in [-0.05, 0) is 37.8 Å². The summed E-state index contributed by atoms with van der Waals surface area (Å²) in [6.07, 6.45) is 5.85. The molecule has 5 heteroatoms. The van der Waals surface area contributed by atoms with E-state index < -0.39 is 5.97 Å². The minimum absolute atomic E-state index is 0.143. The number of nitrogens with one attached hydrogen (secondary N) is 1. The molecule has 0 aliphatic heterocycles. The Bertz CT molecular complexity index is 524. The normalized spacial score (nSPS) is 15.3. The molecule has 0 aromatic heterocycles. The molecule has 119 valence electrons. The second kappa shape index (κ2) is 7.82. The molecule has 0 atom stereocenters. The van der Waals surface area contributed by atoms with Crippen LogP contribution in [0.2, 0.25) is 0 Å². The zero-order valence-corrected chi connectivity index (χ0v) is 12.8. The molecule has 1 aliphatic rings. The van der Waals surface area contributed by atoms with Crippen molar-refractivity contribution in [1.29, 1.82) is 0 Å². The maximum Gasteiger partial charge on any atom is 0.323 e. The van der Waals surface area contributed by atoms with Crippen molar-refractivity contribution in [2.24, 2.45) is 0 Å². The fraction of sp³-hybridized carbons (Fsp3) is 0.471. The van der Waals surface area contributed by atoms with Gasteiger partial charge < -0.3 is 10.4 Å². The van der Waals surface area contributed by atoms with Gasteiger partial charge in [0, 0.05) is 11.7 Å².